The molecule has 36 heavy (non-hydrogen) atoms. The minimum Gasteiger partial charge on any atom is -0.398 e. The first-order valence-electron chi connectivity index (χ1n) is 12.8. The number of nitrogens with two attached hydrogens (primary N) is 1. The van der Waals surface area contributed by atoms with Crippen molar-refractivity contribution >= 4 is 28.9 Å². The number of likely N-dealkylation sites (tertiary alicyclic amines) is 1. The molecule has 1 aromatic heterocycles. The van der Waals surface area contributed by atoms with Gasteiger partial charge in [0.15, 0.2) is 0 Å². The Morgan fingerprint density at radius 1 is 1.25 bits per heavy atom. The number of anilines is 1. The summed E-state index contributed by atoms with van der Waals surface area (Å²) >= 11 is 0. The van der Waals surface area contributed by atoms with Gasteiger partial charge in [0.25, 0.3) is 0 Å². The second-order valence-electron chi connectivity index (χ2n) is 9.70. The van der Waals surface area contributed by atoms with Crippen molar-refractivity contribution in [3.63, 3.8) is 0 Å². The molecule has 0 saturated carbocycles. The van der Waals surface area contributed by atoms with E-state index in [2.05, 4.69) is 11.2 Å². The summed E-state index contributed by atoms with van der Waals surface area (Å²) < 4.78 is 7.21. The van der Waals surface area contributed by atoms with Gasteiger partial charge in [0.1, 0.15) is 0 Å². The summed E-state index contributed by atoms with van der Waals surface area (Å²) in [6.45, 7) is 4.89. The smallest absolute Gasteiger partial charge is 0.231 e. The molecule has 0 atom stereocenters. The molecule has 9 heteroatoms. The van der Waals surface area contributed by atoms with Crippen molar-refractivity contribution in [3.05, 3.63) is 52.9 Å². The quantitative estimate of drug-likeness (QED) is 0.709. The molecule has 2 amide bonds. The fourth-order valence-corrected chi connectivity index (χ4v) is 5.30. The molecule has 0 bridgehead atoms. The summed E-state index contributed by atoms with van der Waals surface area (Å²) in [4.78, 5) is 34.5. The minimum absolute atomic E-state index is 0.0169. The lowest BCUT2D eigenvalue weighted by Gasteiger charge is -2.33. The first-order valence-corrected chi connectivity index (χ1v) is 12.8. The normalized spacial score (nSPS) is 21.6. The Hall–Kier alpha value is -3.46. The van der Waals surface area contributed by atoms with Crippen molar-refractivity contribution < 1.29 is 14.3 Å². The van der Waals surface area contributed by atoms with E-state index >= 15 is 0 Å². The number of hydrogen-bond donors (Lipinski definition) is 1. The monoisotopic (exact) mass is 490 g/mol. The molecular formula is C27H34N6O3. The Balaban J connectivity index is 1.52. The highest BCUT2D eigenvalue weighted by Gasteiger charge is 2.30. The van der Waals surface area contributed by atoms with Gasteiger partial charge in [0.05, 0.1) is 30.9 Å². The lowest BCUT2D eigenvalue weighted by Crippen LogP contribution is -2.41. The largest absolute Gasteiger partial charge is 0.398 e. The van der Waals surface area contributed by atoms with Crippen LogP contribution in [-0.2, 0) is 34.3 Å². The Kier molecular flexibility index (Phi) is 6.91. The van der Waals surface area contributed by atoms with Crippen molar-refractivity contribution in [1.29, 1.82) is 0 Å². The van der Waals surface area contributed by atoms with Gasteiger partial charge >= 0.3 is 0 Å². The van der Waals surface area contributed by atoms with Gasteiger partial charge in [-0.2, -0.15) is 5.10 Å². The fourth-order valence-electron chi connectivity index (χ4n) is 5.30. The number of ether oxygens (including phenoxy) is 1. The Morgan fingerprint density at radius 3 is 2.78 bits per heavy atom. The maximum absolute atomic E-state index is 13.2. The summed E-state index contributed by atoms with van der Waals surface area (Å²) in [5, 5.41) is 4.22. The van der Waals surface area contributed by atoms with E-state index in [9.17, 15) is 9.59 Å². The lowest BCUT2D eigenvalue weighted by atomic mass is 9.89. The molecule has 5 rings (SSSR count). The molecule has 0 unspecified atom stereocenters. The van der Waals surface area contributed by atoms with Crippen LogP contribution in [0.1, 0.15) is 49.3 Å². The number of benzene rings is 1. The number of aryl methyl sites for hydroxylation is 1. The zero-order chi connectivity index (χ0) is 25.2. The zero-order valence-corrected chi connectivity index (χ0v) is 21.1. The van der Waals surface area contributed by atoms with Crippen LogP contribution in [-0.4, -0.2) is 64.6 Å². The van der Waals surface area contributed by atoms with Gasteiger partial charge in [-0.1, -0.05) is 25.1 Å². The molecule has 3 aliphatic heterocycles. The van der Waals surface area contributed by atoms with Crippen LogP contribution < -0.4 is 10.6 Å². The van der Waals surface area contributed by atoms with E-state index in [-0.39, 0.29) is 24.3 Å². The second kappa shape index (κ2) is 10.3. The van der Waals surface area contributed by atoms with Crippen LogP contribution in [0.2, 0.25) is 0 Å². The molecule has 0 radical (unpaired) electrons. The number of rotatable bonds is 4. The highest BCUT2D eigenvalue weighted by atomic mass is 16.5. The average molecular weight is 491 g/mol. The van der Waals surface area contributed by atoms with Gasteiger partial charge in [-0.3, -0.25) is 19.3 Å². The third kappa shape index (κ3) is 4.80. The van der Waals surface area contributed by atoms with E-state index in [0.29, 0.717) is 38.2 Å². The molecule has 4 heterocycles. The molecular weight excluding hydrogens is 456 g/mol. The predicted molar refractivity (Wildman–Crippen MR) is 138 cm³/mol. The topological polar surface area (TPSA) is 106 Å². The predicted octanol–water partition coefficient (Wildman–Crippen LogP) is 2.44. The van der Waals surface area contributed by atoms with Crippen LogP contribution in [0.4, 0.5) is 5.69 Å². The van der Waals surface area contributed by atoms with Crippen LogP contribution in [0.15, 0.2) is 41.2 Å². The minimum atomic E-state index is 0.0169. The van der Waals surface area contributed by atoms with Crippen LogP contribution in [0.3, 0.4) is 0 Å². The molecule has 2 N–H and O–H groups in total. The van der Waals surface area contributed by atoms with Gasteiger partial charge in [-0.05, 0) is 24.0 Å². The number of hydrogen-bond acceptors (Lipinski definition) is 6. The van der Waals surface area contributed by atoms with Crippen molar-refractivity contribution in [2.24, 2.45) is 17.8 Å². The van der Waals surface area contributed by atoms with E-state index in [1.165, 1.54) is 0 Å². The first-order chi connectivity index (χ1) is 17.4. The molecule has 2 saturated heterocycles. The van der Waals surface area contributed by atoms with E-state index in [1.807, 2.05) is 37.2 Å². The summed E-state index contributed by atoms with van der Waals surface area (Å²) in [7, 11) is 1.84. The molecule has 2 fully saturated rings. The van der Waals surface area contributed by atoms with Crippen molar-refractivity contribution in [2.45, 2.75) is 51.6 Å². The molecule has 0 spiro atoms. The Morgan fingerprint density at radius 2 is 2.06 bits per heavy atom. The third-order valence-electron chi connectivity index (χ3n) is 7.35. The number of carbonyl (C=O) groups excluding carboxylic acids is 2. The number of fused-ring (bicyclic) bond motifs is 1. The fraction of sp³-hybridized carbons (Fsp3) is 0.481. The first kappa shape index (κ1) is 24.2. The standard InChI is InChI=1S/C27H34N6O3/c1-3-25(34)32-10-7-24(30-19-8-11-36-12-9-19)23(17-32)27(28)21-6-4-5-18-15-33(26(35)13-22(18)21)20-14-29-31(2)16-20/h4-6,14,16,19H,3,7-13,15,17,28H2,1-2H3. The van der Waals surface area contributed by atoms with Crippen LogP contribution in [0, 0.1) is 0 Å². The summed E-state index contributed by atoms with van der Waals surface area (Å²) in [5.74, 6) is 0.131. The maximum Gasteiger partial charge on any atom is 0.231 e. The highest BCUT2D eigenvalue weighted by molar-refractivity contribution is 6.08. The molecule has 190 valence electrons. The van der Waals surface area contributed by atoms with E-state index < -0.39 is 0 Å². The van der Waals surface area contributed by atoms with Crippen LogP contribution in [0.5, 0.6) is 0 Å². The van der Waals surface area contributed by atoms with Gasteiger partial charge in [-0.25, -0.2) is 0 Å². The van der Waals surface area contributed by atoms with Crippen molar-refractivity contribution in [2.75, 3.05) is 31.2 Å². The van der Waals surface area contributed by atoms with Gasteiger partial charge in [0.2, 0.25) is 11.8 Å². The van der Waals surface area contributed by atoms with Gasteiger partial charge in [-0.15, -0.1) is 0 Å². The number of piperidine rings is 1. The SMILES string of the molecule is CCC(=O)N1CCC(=NC2CCOCC2)C(=C(N)c2cccc3c2CC(=O)N(c2cnn(C)c2)C3)C1. The maximum atomic E-state index is 13.2. The molecule has 3 aliphatic rings. The summed E-state index contributed by atoms with van der Waals surface area (Å²) in [6, 6.07) is 6.24. The molecule has 2 aromatic rings. The lowest BCUT2D eigenvalue weighted by molar-refractivity contribution is -0.130. The Bertz CT molecular complexity index is 1220. The number of carbonyl (C=O) groups is 2. The van der Waals surface area contributed by atoms with Crippen LogP contribution in [0.25, 0.3) is 5.70 Å². The van der Waals surface area contributed by atoms with Crippen molar-refractivity contribution in [1.82, 2.24) is 14.7 Å². The second-order valence-corrected chi connectivity index (χ2v) is 9.70. The average Bonchev–Trinajstić information content (AvgIpc) is 3.33. The summed E-state index contributed by atoms with van der Waals surface area (Å²) in [6.07, 6.45) is 6.76. The van der Waals surface area contributed by atoms with E-state index in [1.54, 1.807) is 15.8 Å². The van der Waals surface area contributed by atoms with E-state index in [4.69, 9.17) is 15.5 Å². The zero-order valence-electron chi connectivity index (χ0n) is 21.1. The molecule has 1 aromatic carbocycles. The molecule has 0 aliphatic carbocycles. The number of aromatic nitrogens is 2. The number of aliphatic imine (C=N–C) groups is 1. The number of amides is 2. The van der Waals surface area contributed by atoms with Gasteiger partial charge in [0, 0.05) is 74.9 Å². The third-order valence-corrected chi connectivity index (χ3v) is 7.35. The van der Waals surface area contributed by atoms with Crippen molar-refractivity contribution in [3.8, 4) is 0 Å². The van der Waals surface area contributed by atoms with Gasteiger partial charge < -0.3 is 20.3 Å². The van der Waals surface area contributed by atoms with E-state index in [0.717, 1.165) is 59.7 Å². The molecule has 9 nitrogen and oxygen atoms in total. The van der Waals surface area contributed by atoms with Crippen LogP contribution >= 0.6 is 0 Å². The Labute approximate surface area is 211 Å². The highest BCUT2D eigenvalue weighted by Crippen LogP contribution is 2.32. The number of nitrogens with zero attached hydrogens (tertiary/aromatic N) is 5. The summed E-state index contributed by atoms with van der Waals surface area (Å²) in [5.41, 5.74) is 13.1.